The van der Waals surface area contributed by atoms with E-state index in [1.807, 2.05) is 30.5 Å². The number of carbonyl (C=O) groups is 1. The minimum atomic E-state index is 0.413. The normalized spacial score (nSPS) is 10.7. The van der Waals surface area contributed by atoms with Crippen LogP contribution in [0.25, 0.3) is 5.69 Å². The van der Waals surface area contributed by atoms with Gasteiger partial charge in [0.15, 0.2) is 0 Å². The molecular formula is C13H14N2O. The van der Waals surface area contributed by atoms with E-state index in [2.05, 4.69) is 18.9 Å². The zero-order chi connectivity index (χ0) is 11.5. The molecule has 0 radical (unpaired) electrons. The number of rotatable bonds is 3. The van der Waals surface area contributed by atoms with Crippen molar-refractivity contribution in [2.75, 3.05) is 0 Å². The average Bonchev–Trinajstić information content (AvgIpc) is 2.78. The fourth-order valence-corrected chi connectivity index (χ4v) is 1.53. The summed E-state index contributed by atoms with van der Waals surface area (Å²) in [6, 6.07) is 9.39. The molecule has 0 fully saturated rings. The Morgan fingerprint density at radius 3 is 2.75 bits per heavy atom. The quantitative estimate of drug-likeness (QED) is 0.736. The lowest BCUT2D eigenvalue weighted by atomic mass is 10.1. The van der Waals surface area contributed by atoms with Gasteiger partial charge >= 0.3 is 0 Å². The zero-order valence-electron chi connectivity index (χ0n) is 9.42. The lowest BCUT2D eigenvalue weighted by molar-refractivity contribution is 0.112. The molecule has 3 heteroatoms. The minimum Gasteiger partial charge on any atom is -0.298 e. The predicted octanol–water partition coefficient (Wildman–Crippen LogP) is 2.81. The molecule has 0 bridgehead atoms. The van der Waals surface area contributed by atoms with Gasteiger partial charge in [0.05, 0.1) is 11.4 Å². The molecule has 0 amide bonds. The highest BCUT2D eigenvalue weighted by Gasteiger charge is 2.04. The standard InChI is InChI=1S/C13H14N2O/c1-10(2)13-6-7-15(14-13)12-5-3-4-11(8-12)9-16/h3-10H,1-2H3. The average molecular weight is 214 g/mol. The van der Waals surface area contributed by atoms with Crippen molar-refractivity contribution in [3.8, 4) is 5.69 Å². The van der Waals surface area contributed by atoms with Crippen molar-refractivity contribution in [3.63, 3.8) is 0 Å². The summed E-state index contributed by atoms with van der Waals surface area (Å²) in [6.07, 6.45) is 2.76. The van der Waals surface area contributed by atoms with Gasteiger partial charge in [-0.15, -0.1) is 0 Å². The van der Waals surface area contributed by atoms with Crippen LogP contribution in [-0.2, 0) is 0 Å². The van der Waals surface area contributed by atoms with Crippen molar-refractivity contribution >= 4 is 6.29 Å². The Labute approximate surface area is 94.7 Å². The van der Waals surface area contributed by atoms with Crippen LogP contribution in [0, 0.1) is 0 Å². The lowest BCUT2D eigenvalue weighted by Gasteiger charge is -2.02. The molecular weight excluding hydrogens is 200 g/mol. The summed E-state index contributed by atoms with van der Waals surface area (Å²) < 4.78 is 1.79. The van der Waals surface area contributed by atoms with E-state index in [0.29, 0.717) is 11.5 Å². The topological polar surface area (TPSA) is 34.9 Å². The van der Waals surface area contributed by atoms with E-state index in [-0.39, 0.29) is 0 Å². The number of hydrogen-bond acceptors (Lipinski definition) is 2. The fraction of sp³-hybridized carbons (Fsp3) is 0.231. The van der Waals surface area contributed by atoms with E-state index in [9.17, 15) is 4.79 Å². The summed E-state index contributed by atoms with van der Waals surface area (Å²) in [6.45, 7) is 4.21. The molecule has 1 heterocycles. The first-order valence-electron chi connectivity index (χ1n) is 5.32. The van der Waals surface area contributed by atoms with Crippen LogP contribution in [0.1, 0.15) is 35.8 Å². The fourth-order valence-electron chi connectivity index (χ4n) is 1.53. The maximum atomic E-state index is 10.7. The summed E-state index contributed by atoms with van der Waals surface area (Å²) in [7, 11) is 0. The van der Waals surface area contributed by atoms with Crippen LogP contribution in [0.4, 0.5) is 0 Å². The van der Waals surface area contributed by atoms with Crippen molar-refractivity contribution in [2.45, 2.75) is 19.8 Å². The predicted molar refractivity (Wildman–Crippen MR) is 63.0 cm³/mol. The molecule has 0 aliphatic heterocycles. The molecule has 2 aromatic rings. The Bertz CT molecular complexity index is 500. The molecule has 0 N–H and O–H groups in total. The molecule has 0 atom stereocenters. The van der Waals surface area contributed by atoms with E-state index >= 15 is 0 Å². The molecule has 0 aliphatic carbocycles. The van der Waals surface area contributed by atoms with Gasteiger partial charge in [-0.1, -0.05) is 26.0 Å². The van der Waals surface area contributed by atoms with Gasteiger partial charge < -0.3 is 0 Å². The summed E-state index contributed by atoms with van der Waals surface area (Å²) in [5.74, 6) is 0.413. The summed E-state index contributed by atoms with van der Waals surface area (Å²) >= 11 is 0. The third-order valence-electron chi connectivity index (χ3n) is 2.47. The number of nitrogens with zero attached hydrogens (tertiary/aromatic N) is 2. The Morgan fingerprint density at radius 1 is 1.31 bits per heavy atom. The number of hydrogen-bond donors (Lipinski definition) is 0. The maximum absolute atomic E-state index is 10.7. The first kappa shape index (κ1) is 10.6. The third-order valence-corrected chi connectivity index (χ3v) is 2.47. The monoisotopic (exact) mass is 214 g/mol. The number of aromatic nitrogens is 2. The smallest absolute Gasteiger partial charge is 0.150 e. The summed E-state index contributed by atoms with van der Waals surface area (Å²) in [4.78, 5) is 10.7. The number of benzene rings is 1. The van der Waals surface area contributed by atoms with Gasteiger partial charge in [0, 0.05) is 11.8 Å². The van der Waals surface area contributed by atoms with Crippen LogP contribution < -0.4 is 0 Å². The molecule has 1 aromatic heterocycles. The second-order valence-corrected chi connectivity index (χ2v) is 4.05. The van der Waals surface area contributed by atoms with Crippen LogP contribution in [0.2, 0.25) is 0 Å². The first-order chi connectivity index (χ1) is 7.70. The van der Waals surface area contributed by atoms with Crippen LogP contribution in [-0.4, -0.2) is 16.1 Å². The van der Waals surface area contributed by atoms with Gasteiger partial charge in [-0.25, -0.2) is 4.68 Å². The van der Waals surface area contributed by atoms with E-state index in [1.165, 1.54) is 0 Å². The zero-order valence-corrected chi connectivity index (χ0v) is 9.42. The largest absolute Gasteiger partial charge is 0.298 e. The van der Waals surface area contributed by atoms with E-state index in [4.69, 9.17) is 0 Å². The summed E-state index contributed by atoms with van der Waals surface area (Å²) in [5, 5.41) is 4.46. The molecule has 0 saturated heterocycles. The van der Waals surface area contributed by atoms with E-state index in [1.54, 1.807) is 10.7 Å². The van der Waals surface area contributed by atoms with Crippen molar-refractivity contribution < 1.29 is 4.79 Å². The SMILES string of the molecule is CC(C)c1ccn(-c2cccc(C=O)c2)n1. The Kier molecular flexibility index (Phi) is 2.86. The Hall–Kier alpha value is -1.90. The number of carbonyl (C=O) groups excluding carboxylic acids is 1. The second-order valence-electron chi connectivity index (χ2n) is 4.05. The molecule has 82 valence electrons. The molecule has 0 spiro atoms. The maximum Gasteiger partial charge on any atom is 0.150 e. The second kappa shape index (κ2) is 4.31. The van der Waals surface area contributed by atoms with Gasteiger partial charge in [0.1, 0.15) is 6.29 Å². The highest BCUT2D eigenvalue weighted by atomic mass is 16.1. The highest BCUT2D eigenvalue weighted by Crippen LogP contribution is 2.14. The molecule has 0 saturated carbocycles. The summed E-state index contributed by atoms with van der Waals surface area (Å²) in [5.41, 5.74) is 2.63. The Balaban J connectivity index is 2.38. The minimum absolute atomic E-state index is 0.413. The van der Waals surface area contributed by atoms with Crippen molar-refractivity contribution in [1.29, 1.82) is 0 Å². The van der Waals surface area contributed by atoms with Gasteiger partial charge in [-0.05, 0) is 24.1 Å². The lowest BCUT2D eigenvalue weighted by Crippen LogP contribution is -1.97. The van der Waals surface area contributed by atoms with Crippen LogP contribution in [0.15, 0.2) is 36.5 Å². The molecule has 16 heavy (non-hydrogen) atoms. The first-order valence-corrected chi connectivity index (χ1v) is 5.32. The van der Waals surface area contributed by atoms with Crippen LogP contribution in [0.5, 0.6) is 0 Å². The van der Waals surface area contributed by atoms with Crippen molar-refractivity contribution in [3.05, 3.63) is 47.8 Å². The van der Waals surface area contributed by atoms with E-state index in [0.717, 1.165) is 17.7 Å². The third kappa shape index (κ3) is 2.03. The van der Waals surface area contributed by atoms with Crippen molar-refractivity contribution in [2.24, 2.45) is 0 Å². The van der Waals surface area contributed by atoms with Gasteiger partial charge in [0.25, 0.3) is 0 Å². The highest BCUT2D eigenvalue weighted by molar-refractivity contribution is 5.75. The van der Waals surface area contributed by atoms with Crippen LogP contribution >= 0.6 is 0 Å². The molecule has 1 aromatic carbocycles. The van der Waals surface area contributed by atoms with Gasteiger partial charge in [0.2, 0.25) is 0 Å². The van der Waals surface area contributed by atoms with E-state index < -0.39 is 0 Å². The molecule has 0 unspecified atom stereocenters. The molecule has 0 aliphatic rings. The molecule has 3 nitrogen and oxygen atoms in total. The van der Waals surface area contributed by atoms with Crippen molar-refractivity contribution in [1.82, 2.24) is 9.78 Å². The Morgan fingerprint density at radius 2 is 2.12 bits per heavy atom. The number of aldehydes is 1. The van der Waals surface area contributed by atoms with Gasteiger partial charge in [-0.2, -0.15) is 5.10 Å². The molecule has 2 rings (SSSR count). The van der Waals surface area contributed by atoms with Gasteiger partial charge in [-0.3, -0.25) is 4.79 Å². The van der Waals surface area contributed by atoms with Crippen LogP contribution in [0.3, 0.4) is 0 Å².